The molecule has 1 amide bonds. The highest BCUT2D eigenvalue weighted by Crippen LogP contribution is 2.10. The third kappa shape index (κ3) is 4.27. The molecule has 3 heteroatoms. The van der Waals surface area contributed by atoms with E-state index in [9.17, 15) is 9.90 Å². The Morgan fingerprint density at radius 3 is 2.30 bits per heavy atom. The molecule has 1 atom stereocenters. The highest BCUT2D eigenvalue weighted by molar-refractivity contribution is 5.94. The summed E-state index contributed by atoms with van der Waals surface area (Å²) in [6.45, 7) is 0.145. The Hall–Kier alpha value is -2.57. The minimum atomic E-state index is -0.723. The SMILES string of the molecule is O=C(C#Cc1ccccc1)NCC(O)c1ccccc1. The Labute approximate surface area is 118 Å². The van der Waals surface area contributed by atoms with Crippen molar-refractivity contribution in [2.75, 3.05) is 6.54 Å². The van der Waals surface area contributed by atoms with Crippen LogP contribution in [0.3, 0.4) is 0 Å². The maximum atomic E-state index is 11.6. The van der Waals surface area contributed by atoms with Crippen molar-refractivity contribution < 1.29 is 9.90 Å². The van der Waals surface area contributed by atoms with E-state index < -0.39 is 12.0 Å². The minimum absolute atomic E-state index is 0.145. The number of hydrogen-bond donors (Lipinski definition) is 2. The number of aliphatic hydroxyl groups is 1. The summed E-state index contributed by atoms with van der Waals surface area (Å²) in [5, 5.41) is 12.5. The molecule has 0 aliphatic heterocycles. The molecule has 20 heavy (non-hydrogen) atoms. The van der Waals surface area contributed by atoms with Crippen LogP contribution in [-0.2, 0) is 4.79 Å². The van der Waals surface area contributed by atoms with Crippen LogP contribution in [0.5, 0.6) is 0 Å². The zero-order chi connectivity index (χ0) is 14.2. The van der Waals surface area contributed by atoms with Crippen molar-refractivity contribution in [1.82, 2.24) is 5.32 Å². The van der Waals surface area contributed by atoms with Gasteiger partial charge in [-0.2, -0.15) is 0 Å². The number of rotatable bonds is 3. The first-order valence-corrected chi connectivity index (χ1v) is 6.33. The molecule has 2 aromatic rings. The third-order valence-electron chi connectivity index (χ3n) is 2.73. The van der Waals surface area contributed by atoms with Crippen LogP contribution in [0.25, 0.3) is 0 Å². The largest absolute Gasteiger partial charge is 0.387 e. The maximum Gasteiger partial charge on any atom is 0.296 e. The quantitative estimate of drug-likeness (QED) is 0.833. The van der Waals surface area contributed by atoms with Crippen LogP contribution in [0.15, 0.2) is 60.7 Å². The standard InChI is InChI=1S/C17H15NO2/c19-16(15-9-5-2-6-10-15)13-18-17(20)12-11-14-7-3-1-4-8-14/h1-10,16,19H,13H2,(H,18,20). The van der Waals surface area contributed by atoms with E-state index in [1.807, 2.05) is 60.7 Å². The molecular formula is C17H15NO2. The van der Waals surface area contributed by atoms with Gasteiger partial charge in [0.2, 0.25) is 0 Å². The monoisotopic (exact) mass is 265 g/mol. The molecule has 2 N–H and O–H groups in total. The van der Waals surface area contributed by atoms with Crippen LogP contribution < -0.4 is 5.32 Å². The van der Waals surface area contributed by atoms with Gasteiger partial charge in [0, 0.05) is 18.0 Å². The maximum absolute atomic E-state index is 11.6. The van der Waals surface area contributed by atoms with E-state index in [0.29, 0.717) is 0 Å². The molecule has 0 bridgehead atoms. The second kappa shape index (κ2) is 7.13. The number of benzene rings is 2. The van der Waals surface area contributed by atoms with Gasteiger partial charge in [-0.25, -0.2) is 0 Å². The first-order chi connectivity index (χ1) is 9.75. The second-order valence-electron chi connectivity index (χ2n) is 4.25. The van der Waals surface area contributed by atoms with Crippen molar-refractivity contribution in [3.05, 3.63) is 71.8 Å². The molecule has 2 rings (SSSR count). The van der Waals surface area contributed by atoms with Gasteiger partial charge in [-0.05, 0) is 17.7 Å². The van der Waals surface area contributed by atoms with Crippen molar-refractivity contribution in [2.24, 2.45) is 0 Å². The van der Waals surface area contributed by atoms with Crippen LogP contribution in [0, 0.1) is 11.8 Å². The summed E-state index contributed by atoms with van der Waals surface area (Å²) in [5.41, 5.74) is 1.55. The predicted molar refractivity (Wildman–Crippen MR) is 77.7 cm³/mol. The van der Waals surface area contributed by atoms with Crippen molar-refractivity contribution in [1.29, 1.82) is 0 Å². The fourth-order valence-corrected chi connectivity index (χ4v) is 1.68. The number of amides is 1. The van der Waals surface area contributed by atoms with Crippen LogP contribution in [0.1, 0.15) is 17.2 Å². The molecule has 0 aliphatic rings. The number of carbonyl (C=O) groups excluding carboxylic acids is 1. The number of nitrogens with one attached hydrogen (secondary N) is 1. The summed E-state index contributed by atoms with van der Waals surface area (Å²) < 4.78 is 0. The van der Waals surface area contributed by atoms with Crippen LogP contribution in [-0.4, -0.2) is 17.6 Å². The molecule has 0 spiro atoms. The van der Waals surface area contributed by atoms with E-state index in [0.717, 1.165) is 11.1 Å². The zero-order valence-corrected chi connectivity index (χ0v) is 10.9. The summed E-state index contributed by atoms with van der Waals surface area (Å²) in [7, 11) is 0. The molecule has 0 aliphatic carbocycles. The Bertz CT molecular complexity index is 612. The lowest BCUT2D eigenvalue weighted by molar-refractivity contribution is -0.116. The first-order valence-electron chi connectivity index (χ1n) is 6.33. The molecule has 2 aromatic carbocycles. The topological polar surface area (TPSA) is 49.3 Å². The number of carbonyl (C=O) groups is 1. The Kier molecular flexibility index (Phi) is 4.94. The summed E-state index contributed by atoms with van der Waals surface area (Å²) >= 11 is 0. The third-order valence-corrected chi connectivity index (χ3v) is 2.73. The molecule has 0 heterocycles. The summed E-state index contributed by atoms with van der Waals surface area (Å²) in [6, 6.07) is 18.5. The normalized spacial score (nSPS) is 11.1. The van der Waals surface area contributed by atoms with Crippen molar-refractivity contribution in [3.8, 4) is 11.8 Å². The Morgan fingerprint density at radius 1 is 1.05 bits per heavy atom. The van der Waals surface area contributed by atoms with Gasteiger partial charge in [-0.15, -0.1) is 0 Å². The van der Waals surface area contributed by atoms with E-state index in [2.05, 4.69) is 17.2 Å². The smallest absolute Gasteiger partial charge is 0.296 e. The molecule has 0 radical (unpaired) electrons. The van der Waals surface area contributed by atoms with E-state index in [-0.39, 0.29) is 6.54 Å². The van der Waals surface area contributed by atoms with Gasteiger partial charge in [-0.1, -0.05) is 54.5 Å². The molecule has 0 fully saturated rings. The highest BCUT2D eigenvalue weighted by Gasteiger charge is 2.07. The molecule has 1 unspecified atom stereocenters. The van der Waals surface area contributed by atoms with E-state index in [1.165, 1.54) is 0 Å². The summed E-state index contributed by atoms with van der Waals surface area (Å²) in [6.07, 6.45) is -0.723. The van der Waals surface area contributed by atoms with E-state index in [4.69, 9.17) is 0 Å². The summed E-state index contributed by atoms with van der Waals surface area (Å²) in [4.78, 5) is 11.6. The fraction of sp³-hybridized carbons (Fsp3) is 0.118. The molecular weight excluding hydrogens is 250 g/mol. The van der Waals surface area contributed by atoms with E-state index >= 15 is 0 Å². The van der Waals surface area contributed by atoms with Crippen LogP contribution in [0.2, 0.25) is 0 Å². The van der Waals surface area contributed by atoms with Gasteiger partial charge in [0.25, 0.3) is 5.91 Å². The van der Waals surface area contributed by atoms with Crippen molar-refractivity contribution in [3.63, 3.8) is 0 Å². The zero-order valence-electron chi connectivity index (χ0n) is 10.9. The molecule has 0 saturated heterocycles. The predicted octanol–water partition coefficient (Wildman–Crippen LogP) is 1.89. The molecule has 3 nitrogen and oxygen atoms in total. The number of hydrogen-bond acceptors (Lipinski definition) is 2. The Balaban J connectivity index is 1.86. The number of aliphatic hydroxyl groups excluding tert-OH is 1. The average Bonchev–Trinajstić information content (AvgIpc) is 2.52. The van der Waals surface area contributed by atoms with Crippen LogP contribution >= 0.6 is 0 Å². The van der Waals surface area contributed by atoms with Gasteiger partial charge >= 0.3 is 0 Å². The van der Waals surface area contributed by atoms with Gasteiger partial charge < -0.3 is 10.4 Å². The highest BCUT2D eigenvalue weighted by atomic mass is 16.3. The average molecular weight is 265 g/mol. The van der Waals surface area contributed by atoms with Crippen molar-refractivity contribution >= 4 is 5.91 Å². The lowest BCUT2D eigenvalue weighted by Gasteiger charge is -2.10. The molecule has 0 aromatic heterocycles. The van der Waals surface area contributed by atoms with Crippen LogP contribution in [0.4, 0.5) is 0 Å². The fourth-order valence-electron chi connectivity index (χ4n) is 1.68. The summed E-state index contributed by atoms with van der Waals surface area (Å²) in [5.74, 6) is 4.86. The van der Waals surface area contributed by atoms with Gasteiger partial charge in [0.05, 0.1) is 6.10 Å². The molecule has 0 saturated carbocycles. The lowest BCUT2D eigenvalue weighted by atomic mass is 10.1. The van der Waals surface area contributed by atoms with E-state index in [1.54, 1.807) is 0 Å². The van der Waals surface area contributed by atoms with Gasteiger partial charge in [0.15, 0.2) is 0 Å². The molecule has 100 valence electrons. The van der Waals surface area contributed by atoms with Crippen molar-refractivity contribution in [2.45, 2.75) is 6.10 Å². The second-order valence-corrected chi connectivity index (χ2v) is 4.25. The van der Waals surface area contributed by atoms with Gasteiger partial charge in [-0.3, -0.25) is 4.79 Å². The Morgan fingerprint density at radius 2 is 1.65 bits per heavy atom. The minimum Gasteiger partial charge on any atom is -0.387 e. The van der Waals surface area contributed by atoms with Gasteiger partial charge in [0.1, 0.15) is 0 Å². The first kappa shape index (κ1) is 13.9. The lowest BCUT2D eigenvalue weighted by Crippen LogP contribution is -2.27.